The van der Waals surface area contributed by atoms with Crippen molar-refractivity contribution in [2.45, 2.75) is 85.5 Å². The van der Waals surface area contributed by atoms with E-state index in [-0.39, 0.29) is 57.8 Å². The molecule has 210 valence electrons. The number of benzene rings is 2. The van der Waals surface area contributed by atoms with Crippen LogP contribution >= 0.6 is 0 Å². The molecule has 4 rings (SSSR count). The van der Waals surface area contributed by atoms with E-state index in [1.165, 1.54) is 24.3 Å². The van der Waals surface area contributed by atoms with Gasteiger partial charge in [-0.1, -0.05) is 45.8 Å². The molecule has 0 radical (unpaired) electrons. The fourth-order valence-electron chi connectivity index (χ4n) is 6.49. The Kier molecular flexibility index (Phi) is 7.75. The molecule has 3 N–H and O–H groups in total. The maximum Gasteiger partial charge on any atom is 0.338 e. The number of aromatic hydroxyl groups is 3. The number of esters is 2. The SMILES string of the molecule is CC(C)=CC(=O)Oc1c(C(C)C)cc2c(c1O)[C@@H]1CCC[C@](C)(COC(=O)c3ccc(O)c(O)c3)[C@@]1(C)CC2. The summed E-state index contributed by atoms with van der Waals surface area (Å²) in [6, 6.07) is 5.97. The lowest BCUT2D eigenvalue weighted by molar-refractivity contribution is -0.129. The van der Waals surface area contributed by atoms with E-state index in [1.54, 1.807) is 0 Å². The van der Waals surface area contributed by atoms with Gasteiger partial charge in [-0.05, 0) is 80.5 Å². The highest BCUT2D eigenvalue weighted by atomic mass is 16.5. The molecule has 7 nitrogen and oxygen atoms in total. The molecule has 2 aliphatic rings. The highest BCUT2D eigenvalue weighted by molar-refractivity contribution is 5.90. The van der Waals surface area contributed by atoms with Crippen molar-refractivity contribution in [3.63, 3.8) is 0 Å². The summed E-state index contributed by atoms with van der Waals surface area (Å²) < 4.78 is 11.5. The number of allylic oxidation sites excluding steroid dienone is 1. The molecule has 0 aromatic heterocycles. The van der Waals surface area contributed by atoms with E-state index in [1.807, 2.05) is 27.7 Å². The lowest BCUT2D eigenvalue weighted by Gasteiger charge is -2.57. The third-order valence-corrected chi connectivity index (χ3v) is 9.00. The Morgan fingerprint density at radius 2 is 1.79 bits per heavy atom. The fraction of sp³-hybridized carbons (Fsp3) is 0.500. The van der Waals surface area contributed by atoms with Crippen molar-refractivity contribution in [3.05, 3.63) is 58.2 Å². The summed E-state index contributed by atoms with van der Waals surface area (Å²) in [5.41, 5.74) is 3.07. The Morgan fingerprint density at radius 1 is 1.08 bits per heavy atom. The van der Waals surface area contributed by atoms with Gasteiger partial charge in [-0.25, -0.2) is 9.59 Å². The van der Waals surface area contributed by atoms with Gasteiger partial charge in [-0.3, -0.25) is 0 Å². The third kappa shape index (κ3) is 5.23. The number of rotatable bonds is 6. The van der Waals surface area contributed by atoms with E-state index in [0.717, 1.165) is 54.4 Å². The van der Waals surface area contributed by atoms with Crippen LogP contribution in [0.5, 0.6) is 23.0 Å². The van der Waals surface area contributed by atoms with Crippen LogP contribution < -0.4 is 4.74 Å². The zero-order valence-electron chi connectivity index (χ0n) is 23.8. The van der Waals surface area contributed by atoms with Gasteiger partial charge in [0.25, 0.3) is 0 Å². The van der Waals surface area contributed by atoms with E-state index in [4.69, 9.17) is 9.47 Å². The maximum absolute atomic E-state index is 12.8. The number of phenolic OH excluding ortho intramolecular Hbond substituents is 3. The van der Waals surface area contributed by atoms with Crippen molar-refractivity contribution >= 4 is 11.9 Å². The molecule has 0 aliphatic heterocycles. The van der Waals surface area contributed by atoms with Crippen LogP contribution in [0, 0.1) is 10.8 Å². The summed E-state index contributed by atoms with van der Waals surface area (Å²) in [4.78, 5) is 25.4. The molecule has 0 bridgehead atoms. The Hall–Kier alpha value is -3.48. The van der Waals surface area contributed by atoms with Crippen molar-refractivity contribution in [1.82, 2.24) is 0 Å². The lowest BCUT2D eigenvalue weighted by Crippen LogP contribution is -2.50. The summed E-state index contributed by atoms with van der Waals surface area (Å²) in [5, 5.41) is 31.0. The lowest BCUT2D eigenvalue weighted by atomic mass is 9.48. The summed E-state index contributed by atoms with van der Waals surface area (Å²) in [5.74, 6) is -1.41. The van der Waals surface area contributed by atoms with Gasteiger partial charge in [0.1, 0.15) is 0 Å². The van der Waals surface area contributed by atoms with Gasteiger partial charge >= 0.3 is 11.9 Å². The van der Waals surface area contributed by atoms with Crippen LogP contribution in [0.3, 0.4) is 0 Å². The first-order chi connectivity index (χ1) is 18.3. The molecule has 0 amide bonds. The molecule has 1 fully saturated rings. The maximum atomic E-state index is 12.8. The number of carbonyl (C=O) groups excluding carboxylic acids is 2. The molecule has 2 aromatic rings. The first kappa shape index (κ1) is 28.5. The van der Waals surface area contributed by atoms with Crippen molar-refractivity contribution in [3.8, 4) is 23.0 Å². The smallest absolute Gasteiger partial charge is 0.338 e. The zero-order chi connectivity index (χ0) is 28.7. The largest absolute Gasteiger partial charge is 0.504 e. The molecule has 1 saturated carbocycles. The normalized spacial score (nSPS) is 23.9. The Labute approximate surface area is 230 Å². The van der Waals surface area contributed by atoms with E-state index in [2.05, 4.69) is 19.9 Å². The number of phenols is 3. The van der Waals surface area contributed by atoms with E-state index in [0.29, 0.717) is 0 Å². The Morgan fingerprint density at radius 3 is 2.44 bits per heavy atom. The summed E-state index contributed by atoms with van der Waals surface area (Å²) in [7, 11) is 0. The second-order valence-electron chi connectivity index (χ2n) is 12.2. The molecule has 0 unspecified atom stereocenters. The summed E-state index contributed by atoms with van der Waals surface area (Å²) in [6.45, 7) is 12.2. The van der Waals surface area contributed by atoms with Crippen molar-refractivity contribution < 1.29 is 34.4 Å². The summed E-state index contributed by atoms with van der Waals surface area (Å²) >= 11 is 0. The monoisotopic (exact) mass is 536 g/mol. The predicted octanol–water partition coefficient (Wildman–Crippen LogP) is 6.88. The standard InChI is InChI=1S/C32H40O7/c1-18(2)14-26(35)39-29-22(19(3)4)15-20-11-13-32(6)23(27(20)28(29)36)8-7-12-31(32,5)17-38-30(37)21-9-10-24(33)25(34)16-21/h9-10,14-16,19,23,33-34,36H,7-8,11-13,17H2,1-6H3/t23-,31+,32-/m0/s1. The third-order valence-electron chi connectivity index (χ3n) is 9.00. The number of aryl methyl sites for hydroxylation is 1. The molecule has 0 saturated heterocycles. The summed E-state index contributed by atoms with van der Waals surface area (Å²) in [6.07, 6.45) is 5.67. The van der Waals surface area contributed by atoms with E-state index < -0.39 is 11.9 Å². The fourth-order valence-corrected chi connectivity index (χ4v) is 6.49. The zero-order valence-corrected chi connectivity index (χ0v) is 23.8. The van der Waals surface area contributed by atoms with Crippen LogP contribution in [-0.2, 0) is 16.0 Å². The van der Waals surface area contributed by atoms with Crippen molar-refractivity contribution in [2.75, 3.05) is 6.61 Å². The average Bonchev–Trinajstić information content (AvgIpc) is 2.86. The molecule has 2 aromatic carbocycles. The van der Waals surface area contributed by atoms with Crippen LogP contribution in [0.2, 0.25) is 0 Å². The van der Waals surface area contributed by atoms with Gasteiger partial charge in [0.15, 0.2) is 23.0 Å². The minimum atomic E-state index is -0.564. The van der Waals surface area contributed by atoms with Gasteiger partial charge in [0.05, 0.1) is 12.2 Å². The molecular formula is C32H40O7. The van der Waals surface area contributed by atoms with Gasteiger partial charge in [-0.15, -0.1) is 0 Å². The molecule has 2 aliphatic carbocycles. The minimum Gasteiger partial charge on any atom is -0.504 e. The molecule has 3 atom stereocenters. The molecular weight excluding hydrogens is 496 g/mol. The van der Waals surface area contributed by atoms with Gasteiger partial charge in [-0.2, -0.15) is 0 Å². The molecule has 7 heteroatoms. The Balaban J connectivity index is 1.68. The number of hydrogen-bond donors (Lipinski definition) is 3. The predicted molar refractivity (Wildman–Crippen MR) is 148 cm³/mol. The first-order valence-corrected chi connectivity index (χ1v) is 13.7. The van der Waals surface area contributed by atoms with Crippen LogP contribution in [-0.4, -0.2) is 33.9 Å². The number of hydrogen-bond acceptors (Lipinski definition) is 7. The first-order valence-electron chi connectivity index (χ1n) is 13.7. The molecule has 0 spiro atoms. The number of fused-ring (bicyclic) bond motifs is 3. The minimum absolute atomic E-state index is 0.00136. The van der Waals surface area contributed by atoms with E-state index >= 15 is 0 Å². The molecule has 39 heavy (non-hydrogen) atoms. The number of carbonyl (C=O) groups is 2. The van der Waals surface area contributed by atoms with Gasteiger partial charge in [0, 0.05) is 22.6 Å². The highest BCUT2D eigenvalue weighted by Gasteiger charge is 2.55. The molecule has 0 heterocycles. The van der Waals surface area contributed by atoms with Crippen LogP contribution in [0.4, 0.5) is 0 Å². The van der Waals surface area contributed by atoms with Crippen LogP contribution in [0.15, 0.2) is 35.9 Å². The van der Waals surface area contributed by atoms with Gasteiger partial charge < -0.3 is 24.8 Å². The van der Waals surface area contributed by atoms with Crippen molar-refractivity contribution in [1.29, 1.82) is 0 Å². The second kappa shape index (κ2) is 10.6. The van der Waals surface area contributed by atoms with Crippen molar-refractivity contribution in [2.24, 2.45) is 10.8 Å². The number of ether oxygens (including phenoxy) is 2. The average molecular weight is 537 g/mol. The Bertz CT molecular complexity index is 1320. The van der Waals surface area contributed by atoms with E-state index in [9.17, 15) is 24.9 Å². The quantitative estimate of drug-likeness (QED) is 0.160. The highest BCUT2D eigenvalue weighted by Crippen LogP contribution is 2.64. The topological polar surface area (TPSA) is 113 Å². The van der Waals surface area contributed by atoms with Crippen LogP contribution in [0.25, 0.3) is 0 Å². The second-order valence-corrected chi connectivity index (χ2v) is 12.2. The van der Waals surface area contributed by atoms with Gasteiger partial charge in [0.2, 0.25) is 0 Å². The van der Waals surface area contributed by atoms with Crippen LogP contribution in [0.1, 0.15) is 106 Å².